The van der Waals surface area contributed by atoms with Crippen molar-refractivity contribution >= 4 is 64.1 Å². The first-order valence-corrected chi connectivity index (χ1v) is 12.2. The molecule has 0 bridgehead atoms. The van der Waals surface area contributed by atoms with E-state index in [1.807, 2.05) is 0 Å². The Morgan fingerprint density at radius 3 is 2.70 bits per heavy atom. The number of fused-ring (bicyclic) bond motifs is 1. The zero-order valence-corrected chi connectivity index (χ0v) is 18.3. The number of hydrogen-bond acceptors (Lipinski definition) is 4. The molecule has 10 heteroatoms. The van der Waals surface area contributed by atoms with Gasteiger partial charge in [0.1, 0.15) is 5.66 Å². The number of anilines is 1. The van der Waals surface area contributed by atoms with Gasteiger partial charge in [-0.3, -0.25) is 9.36 Å². The van der Waals surface area contributed by atoms with Crippen molar-refractivity contribution in [3.8, 4) is 0 Å². The third kappa shape index (κ3) is 5.09. The van der Waals surface area contributed by atoms with Crippen LogP contribution >= 0.6 is 30.3 Å². The molecule has 156 valence electrons. The molecule has 7 nitrogen and oxygen atoms in total. The summed E-state index contributed by atoms with van der Waals surface area (Å²) >= 11 is 7.44. The van der Waals surface area contributed by atoms with Crippen molar-refractivity contribution in [3.05, 3.63) is 70.2 Å². The molecule has 30 heavy (non-hydrogen) atoms. The number of rotatable bonds is 6. The smallest absolute Gasteiger partial charge is 0.316 e. The molecule has 5 N–H and O–H groups in total. The van der Waals surface area contributed by atoms with E-state index in [2.05, 4.69) is 10.6 Å². The minimum Gasteiger partial charge on any atom is -0.351 e. The number of hydrogen-bond donors (Lipinski definition) is 4. The van der Waals surface area contributed by atoms with Crippen molar-refractivity contribution in [1.29, 1.82) is 0 Å². The second-order valence-corrected chi connectivity index (χ2v) is 10.3. The lowest BCUT2D eigenvalue weighted by Gasteiger charge is -2.18. The van der Waals surface area contributed by atoms with Crippen LogP contribution in [-0.4, -0.2) is 23.5 Å². The Hall–Kier alpha value is -2.64. The van der Waals surface area contributed by atoms with E-state index in [9.17, 15) is 19.0 Å². The maximum Gasteiger partial charge on any atom is 0.316 e. The van der Waals surface area contributed by atoms with E-state index >= 15 is 0 Å². The number of para-hydroxylation sites is 1. The number of thiophene rings is 1. The number of carbonyl (C=O) groups excluding carboxylic acids is 2. The minimum absolute atomic E-state index is 0.451. The normalized spacial score (nSPS) is 14.4. The molecule has 0 aliphatic carbocycles. The zero-order valence-electron chi connectivity index (χ0n) is 15.8. The van der Waals surface area contributed by atoms with Gasteiger partial charge in [0.25, 0.3) is 0 Å². The van der Waals surface area contributed by atoms with Crippen molar-refractivity contribution in [2.45, 2.75) is 5.66 Å². The first-order valence-electron chi connectivity index (χ1n) is 8.76. The molecule has 1 aromatic heterocycles. The monoisotopic (exact) mass is 463 g/mol. The van der Waals surface area contributed by atoms with Crippen molar-refractivity contribution in [2.75, 3.05) is 12.0 Å². The van der Waals surface area contributed by atoms with E-state index in [-0.39, 0.29) is 0 Å². The molecule has 0 saturated heterocycles. The molecule has 0 fully saturated rings. The summed E-state index contributed by atoms with van der Waals surface area (Å²) in [6, 6.07) is 11.4. The summed E-state index contributed by atoms with van der Waals surface area (Å²) in [6.45, 7) is 1.15. The van der Waals surface area contributed by atoms with Crippen LogP contribution < -0.4 is 16.4 Å². The van der Waals surface area contributed by atoms with Gasteiger partial charge in [0, 0.05) is 28.3 Å². The molecule has 0 spiro atoms. The predicted octanol–water partition coefficient (Wildman–Crippen LogP) is 4.77. The highest BCUT2D eigenvalue weighted by molar-refractivity contribution is 7.58. The van der Waals surface area contributed by atoms with Crippen molar-refractivity contribution in [2.24, 2.45) is 5.73 Å². The van der Waals surface area contributed by atoms with Crippen molar-refractivity contribution in [1.82, 2.24) is 5.32 Å². The van der Waals surface area contributed by atoms with E-state index in [1.54, 1.807) is 53.9 Å². The maximum atomic E-state index is 12.9. The molecule has 0 aliphatic heterocycles. The summed E-state index contributed by atoms with van der Waals surface area (Å²) in [7, 11) is -3.84. The number of amides is 3. The van der Waals surface area contributed by atoms with Crippen LogP contribution in [0.25, 0.3) is 16.2 Å². The molecule has 2 atom stereocenters. The molecule has 0 aliphatic rings. The van der Waals surface area contributed by atoms with Crippen LogP contribution in [0.3, 0.4) is 0 Å². The average Bonchev–Trinajstić information content (AvgIpc) is 3.04. The number of halogens is 1. The fourth-order valence-corrected chi connectivity index (χ4v) is 5.51. The topological polar surface area (TPSA) is 122 Å². The molecule has 0 radical (unpaired) electrons. The Morgan fingerprint density at radius 1 is 1.27 bits per heavy atom. The number of urea groups is 1. The van der Waals surface area contributed by atoms with Crippen LogP contribution in [0.15, 0.2) is 54.0 Å². The Labute approximate surface area is 182 Å². The van der Waals surface area contributed by atoms with Crippen LogP contribution in [0.2, 0.25) is 5.02 Å². The van der Waals surface area contributed by atoms with Gasteiger partial charge in [-0.15, -0.1) is 11.3 Å². The summed E-state index contributed by atoms with van der Waals surface area (Å²) in [5.74, 6) is -0.625. The van der Waals surface area contributed by atoms with E-state index < -0.39 is 25.0 Å². The van der Waals surface area contributed by atoms with Gasteiger partial charge in [-0.2, -0.15) is 0 Å². The highest BCUT2D eigenvalue weighted by Gasteiger charge is 2.36. The average molecular weight is 464 g/mol. The Bertz CT molecular complexity index is 1190. The third-order valence-electron chi connectivity index (χ3n) is 4.29. The number of primary amides is 1. The molecule has 1 heterocycles. The number of carbonyl (C=O) groups is 2. The minimum atomic E-state index is -3.84. The van der Waals surface area contributed by atoms with Crippen molar-refractivity contribution < 1.29 is 19.0 Å². The SMILES string of the molecule is CP(=O)(O)C(C(=O)NC=Cc1ccccc1NC(N)=O)c1csc2ccc(Cl)cc12. The molecule has 3 rings (SSSR count). The number of nitrogens with two attached hydrogens (primary N) is 1. The Balaban J connectivity index is 1.88. The number of nitrogens with one attached hydrogen (secondary N) is 2. The molecular weight excluding hydrogens is 445 g/mol. The molecule has 3 aromatic rings. The van der Waals surface area contributed by atoms with Gasteiger partial charge in [0.2, 0.25) is 13.3 Å². The third-order valence-corrected chi connectivity index (χ3v) is 6.98. The standard InChI is InChI=1S/C20H19ClN3O4PS/c1-29(27,28)18(15-11-30-17-7-6-13(21)10-14(15)17)19(25)23-9-8-12-4-2-3-5-16(12)24-20(22)26/h2-11,18H,1H3,(H,23,25)(H,27,28)(H3,22,24,26). The lowest BCUT2D eigenvalue weighted by Crippen LogP contribution is -2.25. The summed E-state index contributed by atoms with van der Waals surface area (Å²) in [5, 5.41) is 7.90. The lowest BCUT2D eigenvalue weighted by atomic mass is 10.1. The van der Waals surface area contributed by atoms with Gasteiger partial charge in [0.05, 0.1) is 0 Å². The fraction of sp³-hybridized carbons (Fsp3) is 0.100. The van der Waals surface area contributed by atoms with Crippen molar-refractivity contribution in [3.63, 3.8) is 0 Å². The first kappa shape index (κ1) is 22.1. The van der Waals surface area contributed by atoms with Gasteiger partial charge in [-0.25, -0.2) is 4.79 Å². The lowest BCUT2D eigenvalue weighted by molar-refractivity contribution is -0.120. The predicted molar refractivity (Wildman–Crippen MR) is 122 cm³/mol. The Morgan fingerprint density at radius 2 is 2.00 bits per heavy atom. The molecule has 2 aromatic carbocycles. The summed E-state index contributed by atoms with van der Waals surface area (Å²) in [6.07, 6.45) is 2.91. The quantitative estimate of drug-likeness (QED) is 0.393. The molecule has 0 saturated carbocycles. The molecule has 3 amide bonds. The molecular formula is C20H19ClN3O4PS. The van der Waals surface area contributed by atoms with Crippen LogP contribution in [-0.2, 0) is 9.36 Å². The fourth-order valence-electron chi connectivity index (χ4n) is 3.03. The van der Waals surface area contributed by atoms with Crippen LogP contribution in [0, 0.1) is 0 Å². The van der Waals surface area contributed by atoms with Crippen LogP contribution in [0.5, 0.6) is 0 Å². The van der Waals surface area contributed by atoms with E-state index in [0.29, 0.717) is 27.2 Å². The largest absolute Gasteiger partial charge is 0.351 e. The Kier molecular flexibility index (Phi) is 6.63. The van der Waals surface area contributed by atoms with Gasteiger partial charge in [-0.1, -0.05) is 29.8 Å². The zero-order chi connectivity index (χ0) is 21.9. The van der Waals surface area contributed by atoms with Crippen LogP contribution in [0.4, 0.5) is 10.5 Å². The van der Waals surface area contributed by atoms with E-state index in [1.165, 1.54) is 17.5 Å². The highest BCUT2D eigenvalue weighted by Crippen LogP contribution is 2.54. The van der Waals surface area contributed by atoms with Crippen LogP contribution in [0.1, 0.15) is 16.8 Å². The van der Waals surface area contributed by atoms with Gasteiger partial charge in [-0.05, 0) is 52.2 Å². The maximum absolute atomic E-state index is 12.9. The first-order chi connectivity index (χ1) is 14.2. The summed E-state index contributed by atoms with van der Waals surface area (Å²) in [4.78, 5) is 34.3. The van der Waals surface area contributed by atoms with E-state index in [4.69, 9.17) is 17.3 Å². The second-order valence-electron chi connectivity index (χ2n) is 6.60. The highest BCUT2D eigenvalue weighted by atomic mass is 35.5. The van der Waals surface area contributed by atoms with Gasteiger partial charge in [0.15, 0.2) is 0 Å². The van der Waals surface area contributed by atoms with E-state index in [0.717, 1.165) is 11.4 Å². The summed E-state index contributed by atoms with van der Waals surface area (Å²) < 4.78 is 13.4. The summed E-state index contributed by atoms with van der Waals surface area (Å²) in [5.41, 5.74) is 5.42. The van der Waals surface area contributed by atoms with Gasteiger partial charge >= 0.3 is 6.03 Å². The number of benzene rings is 2. The second kappa shape index (κ2) is 9.02. The molecule has 2 unspecified atom stereocenters. The van der Waals surface area contributed by atoms with Gasteiger partial charge < -0.3 is 21.3 Å².